The molecule has 1 atom stereocenters. The molecule has 0 fully saturated rings. The Morgan fingerprint density at radius 2 is 2.24 bits per heavy atom. The lowest BCUT2D eigenvalue weighted by molar-refractivity contribution is 0.142. The molecule has 0 spiro atoms. The molecule has 1 aromatic rings. The van der Waals surface area contributed by atoms with E-state index in [-0.39, 0.29) is 6.04 Å². The molecule has 0 aliphatic heterocycles. The van der Waals surface area contributed by atoms with Crippen molar-refractivity contribution >= 4 is 11.6 Å². The Balaban J connectivity index is 2.42. The number of nitrogens with zero attached hydrogens (tertiary/aromatic N) is 2. The third kappa shape index (κ3) is 4.30. The van der Waals surface area contributed by atoms with Crippen molar-refractivity contribution in [3.63, 3.8) is 0 Å². The van der Waals surface area contributed by atoms with Crippen LogP contribution in [0.5, 0.6) is 0 Å². The number of aromatic nitrogens is 2. The molecule has 0 aliphatic carbocycles. The van der Waals surface area contributed by atoms with Gasteiger partial charge in [-0.2, -0.15) is 5.10 Å². The van der Waals surface area contributed by atoms with Gasteiger partial charge in [-0.15, -0.1) is 0 Å². The Hall–Kier alpha value is -0.580. The predicted molar refractivity (Wildman–Crippen MR) is 70.4 cm³/mol. The Bertz CT molecular complexity index is 352. The fourth-order valence-corrected chi connectivity index (χ4v) is 2.08. The number of hydrogen-bond acceptors (Lipinski definition) is 3. The van der Waals surface area contributed by atoms with Crippen LogP contribution in [0.15, 0.2) is 0 Å². The Kier molecular flexibility index (Phi) is 5.95. The average Bonchev–Trinajstić information content (AvgIpc) is 2.52. The molecule has 1 aromatic heterocycles. The SMILES string of the molecule is CCOCCCC(N)Cc1c(Cl)c(C)nn1C. The van der Waals surface area contributed by atoms with Gasteiger partial charge in [-0.1, -0.05) is 11.6 Å². The third-order valence-corrected chi connectivity index (χ3v) is 3.28. The molecule has 17 heavy (non-hydrogen) atoms. The molecule has 98 valence electrons. The minimum Gasteiger partial charge on any atom is -0.382 e. The van der Waals surface area contributed by atoms with Crippen molar-refractivity contribution in [2.24, 2.45) is 12.8 Å². The lowest BCUT2D eigenvalue weighted by atomic mass is 10.1. The fraction of sp³-hybridized carbons (Fsp3) is 0.750. The van der Waals surface area contributed by atoms with Crippen LogP contribution in [0.25, 0.3) is 0 Å². The van der Waals surface area contributed by atoms with Crippen LogP contribution >= 0.6 is 11.6 Å². The van der Waals surface area contributed by atoms with Gasteiger partial charge in [-0.25, -0.2) is 0 Å². The van der Waals surface area contributed by atoms with E-state index in [0.717, 1.165) is 48.9 Å². The van der Waals surface area contributed by atoms with E-state index in [1.54, 1.807) is 0 Å². The molecule has 0 saturated heterocycles. The minimum atomic E-state index is 0.114. The molecular formula is C12H22ClN3O. The summed E-state index contributed by atoms with van der Waals surface area (Å²) in [5.74, 6) is 0. The van der Waals surface area contributed by atoms with Crippen LogP contribution in [0.1, 0.15) is 31.2 Å². The average molecular weight is 260 g/mol. The highest BCUT2D eigenvalue weighted by molar-refractivity contribution is 6.31. The molecule has 0 amide bonds. The van der Waals surface area contributed by atoms with E-state index in [4.69, 9.17) is 22.1 Å². The van der Waals surface area contributed by atoms with E-state index in [1.165, 1.54) is 0 Å². The second-order valence-corrected chi connectivity index (χ2v) is 4.65. The van der Waals surface area contributed by atoms with Crippen molar-refractivity contribution in [2.75, 3.05) is 13.2 Å². The molecular weight excluding hydrogens is 238 g/mol. The van der Waals surface area contributed by atoms with Crippen LogP contribution in [0, 0.1) is 6.92 Å². The summed E-state index contributed by atoms with van der Waals surface area (Å²) in [7, 11) is 1.90. The van der Waals surface area contributed by atoms with E-state index < -0.39 is 0 Å². The molecule has 5 heteroatoms. The fourth-order valence-electron chi connectivity index (χ4n) is 1.84. The maximum absolute atomic E-state index is 6.18. The summed E-state index contributed by atoms with van der Waals surface area (Å²) < 4.78 is 7.11. The maximum Gasteiger partial charge on any atom is 0.0847 e. The van der Waals surface area contributed by atoms with Crippen LogP contribution in [-0.2, 0) is 18.2 Å². The first-order valence-electron chi connectivity index (χ1n) is 6.07. The van der Waals surface area contributed by atoms with Crippen LogP contribution in [0.4, 0.5) is 0 Å². The van der Waals surface area contributed by atoms with Gasteiger partial charge in [0.05, 0.1) is 16.4 Å². The number of ether oxygens (including phenoxy) is 1. The van der Waals surface area contributed by atoms with E-state index in [1.807, 2.05) is 25.6 Å². The normalized spacial score (nSPS) is 13.0. The van der Waals surface area contributed by atoms with Crippen LogP contribution in [0.3, 0.4) is 0 Å². The number of halogens is 1. The topological polar surface area (TPSA) is 53.1 Å². The monoisotopic (exact) mass is 259 g/mol. The molecule has 0 aliphatic rings. The summed E-state index contributed by atoms with van der Waals surface area (Å²) >= 11 is 6.18. The second-order valence-electron chi connectivity index (χ2n) is 4.27. The first-order chi connectivity index (χ1) is 8.06. The highest BCUT2D eigenvalue weighted by Gasteiger charge is 2.14. The summed E-state index contributed by atoms with van der Waals surface area (Å²) in [6, 6.07) is 0.114. The maximum atomic E-state index is 6.18. The van der Waals surface area contributed by atoms with Gasteiger partial charge in [0.15, 0.2) is 0 Å². The predicted octanol–water partition coefficient (Wildman–Crippen LogP) is 2.07. The zero-order valence-corrected chi connectivity index (χ0v) is 11.6. The number of nitrogens with two attached hydrogens (primary N) is 1. The largest absolute Gasteiger partial charge is 0.382 e. The lowest BCUT2D eigenvalue weighted by Crippen LogP contribution is -2.24. The van der Waals surface area contributed by atoms with Crippen molar-refractivity contribution < 1.29 is 4.74 Å². The van der Waals surface area contributed by atoms with Crippen molar-refractivity contribution in [2.45, 2.75) is 39.2 Å². The van der Waals surface area contributed by atoms with Gasteiger partial charge in [-0.05, 0) is 26.7 Å². The Labute approximate surface area is 108 Å². The van der Waals surface area contributed by atoms with Gasteiger partial charge < -0.3 is 10.5 Å². The minimum absolute atomic E-state index is 0.114. The molecule has 2 N–H and O–H groups in total. The number of hydrogen-bond donors (Lipinski definition) is 1. The molecule has 0 bridgehead atoms. The Morgan fingerprint density at radius 3 is 2.76 bits per heavy atom. The first-order valence-corrected chi connectivity index (χ1v) is 6.45. The van der Waals surface area contributed by atoms with E-state index in [2.05, 4.69) is 5.10 Å². The quantitative estimate of drug-likeness (QED) is 0.763. The van der Waals surface area contributed by atoms with Gasteiger partial charge in [0, 0.05) is 32.7 Å². The highest BCUT2D eigenvalue weighted by atomic mass is 35.5. The van der Waals surface area contributed by atoms with Crippen LogP contribution in [0.2, 0.25) is 5.02 Å². The first kappa shape index (κ1) is 14.5. The van der Waals surface area contributed by atoms with E-state index in [0.29, 0.717) is 0 Å². The van der Waals surface area contributed by atoms with Gasteiger partial charge in [0.25, 0.3) is 0 Å². The smallest absolute Gasteiger partial charge is 0.0847 e. The van der Waals surface area contributed by atoms with Crippen LogP contribution < -0.4 is 5.73 Å². The number of aryl methyl sites for hydroxylation is 2. The van der Waals surface area contributed by atoms with Gasteiger partial charge >= 0.3 is 0 Å². The molecule has 1 unspecified atom stereocenters. The lowest BCUT2D eigenvalue weighted by Gasteiger charge is -2.12. The van der Waals surface area contributed by atoms with Crippen molar-refractivity contribution in [3.8, 4) is 0 Å². The zero-order chi connectivity index (χ0) is 12.8. The molecule has 0 aromatic carbocycles. The van der Waals surface area contributed by atoms with Gasteiger partial charge in [0.2, 0.25) is 0 Å². The third-order valence-electron chi connectivity index (χ3n) is 2.78. The van der Waals surface area contributed by atoms with Gasteiger partial charge in [-0.3, -0.25) is 4.68 Å². The summed E-state index contributed by atoms with van der Waals surface area (Å²) in [4.78, 5) is 0. The molecule has 4 nitrogen and oxygen atoms in total. The standard InChI is InChI=1S/C12H22ClN3O/c1-4-17-7-5-6-10(14)8-11-12(13)9(2)15-16(11)3/h10H,4-8,14H2,1-3H3. The molecule has 1 heterocycles. The van der Waals surface area contributed by atoms with Crippen molar-refractivity contribution in [3.05, 3.63) is 16.4 Å². The highest BCUT2D eigenvalue weighted by Crippen LogP contribution is 2.21. The molecule has 0 radical (unpaired) electrons. The molecule has 0 saturated carbocycles. The summed E-state index contributed by atoms with van der Waals surface area (Å²) in [6.07, 6.45) is 2.70. The summed E-state index contributed by atoms with van der Waals surface area (Å²) in [5, 5.41) is 5.02. The van der Waals surface area contributed by atoms with E-state index in [9.17, 15) is 0 Å². The van der Waals surface area contributed by atoms with Crippen molar-refractivity contribution in [1.29, 1.82) is 0 Å². The summed E-state index contributed by atoms with van der Waals surface area (Å²) in [5.41, 5.74) is 7.97. The summed E-state index contributed by atoms with van der Waals surface area (Å²) in [6.45, 7) is 5.45. The Morgan fingerprint density at radius 1 is 1.53 bits per heavy atom. The van der Waals surface area contributed by atoms with Crippen molar-refractivity contribution in [1.82, 2.24) is 9.78 Å². The zero-order valence-electron chi connectivity index (χ0n) is 10.9. The van der Waals surface area contributed by atoms with E-state index >= 15 is 0 Å². The second kappa shape index (κ2) is 6.99. The van der Waals surface area contributed by atoms with Crippen LogP contribution in [-0.4, -0.2) is 29.0 Å². The number of rotatable bonds is 7. The van der Waals surface area contributed by atoms with Gasteiger partial charge in [0.1, 0.15) is 0 Å². The molecule has 1 rings (SSSR count).